The fourth-order valence-corrected chi connectivity index (χ4v) is 1.95. The maximum absolute atomic E-state index is 12.0. The highest BCUT2D eigenvalue weighted by Crippen LogP contribution is 2.29. The van der Waals surface area contributed by atoms with Crippen molar-refractivity contribution in [2.24, 2.45) is 5.92 Å². The Morgan fingerprint density at radius 1 is 1.25 bits per heavy atom. The topological polar surface area (TPSA) is 72.8 Å². The van der Waals surface area contributed by atoms with Crippen molar-refractivity contribution in [1.29, 1.82) is 0 Å². The molecule has 0 amide bonds. The van der Waals surface area contributed by atoms with Gasteiger partial charge in [-0.25, -0.2) is 4.79 Å². The minimum atomic E-state index is -1.03. The molecule has 0 bridgehead atoms. The van der Waals surface area contributed by atoms with Crippen LogP contribution in [0, 0.1) is 29.6 Å². The van der Waals surface area contributed by atoms with Crippen molar-refractivity contribution in [3.05, 3.63) is 29.3 Å². The van der Waals surface area contributed by atoms with Crippen molar-refractivity contribution in [2.75, 3.05) is 7.11 Å². The Bertz CT molecular complexity index is 726. The lowest BCUT2D eigenvalue weighted by Crippen LogP contribution is -2.16. The highest BCUT2D eigenvalue weighted by atomic mass is 16.5. The summed E-state index contributed by atoms with van der Waals surface area (Å²) in [6.07, 6.45) is -0.817. The molecule has 0 saturated heterocycles. The summed E-state index contributed by atoms with van der Waals surface area (Å²) in [5, 5.41) is 9.98. The summed E-state index contributed by atoms with van der Waals surface area (Å²) in [6, 6.07) is 4.43. The van der Waals surface area contributed by atoms with Crippen LogP contribution in [0.5, 0.6) is 5.75 Å². The Labute approximate surface area is 142 Å². The number of hydrogen-bond donors (Lipinski definition) is 1. The molecule has 1 N–H and O–H groups in total. The van der Waals surface area contributed by atoms with Gasteiger partial charge in [-0.1, -0.05) is 31.9 Å². The maximum atomic E-state index is 12.0. The van der Waals surface area contributed by atoms with Gasteiger partial charge in [0.15, 0.2) is 6.10 Å². The number of ether oxygens (including phenoxy) is 2. The first-order chi connectivity index (χ1) is 11.4. The van der Waals surface area contributed by atoms with Crippen LogP contribution in [0.4, 0.5) is 0 Å². The summed E-state index contributed by atoms with van der Waals surface area (Å²) in [6.45, 7) is 5.40. The number of methoxy groups -OCH3 is 1. The summed E-state index contributed by atoms with van der Waals surface area (Å²) in [5.74, 6) is 9.10. The molecule has 0 radical (unpaired) electrons. The molecular formula is C19H20O5. The largest absolute Gasteiger partial charge is 0.507 e. The van der Waals surface area contributed by atoms with Gasteiger partial charge >= 0.3 is 11.9 Å². The Kier molecular flexibility index (Phi) is 7.39. The van der Waals surface area contributed by atoms with E-state index in [4.69, 9.17) is 4.74 Å². The minimum absolute atomic E-state index is 0.0823. The number of hydrogen-bond acceptors (Lipinski definition) is 5. The molecule has 24 heavy (non-hydrogen) atoms. The summed E-state index contributed by atoms with van der Waals surface area (Å²) in [7, 11) is 1.20. The van der Waals surface area contributed by atoms with Crippen molar-refractivity contribution >= 4 is 11.9 Å². The number of carbonyl (C=O) groups is 2. The van der Waals surface area contributed by atoms with Crippen LogP contribution in [0.2, 0.25) is 0 Å². The Hall–Kier alpha value is -2.92. The predicted molar refractivity (Wildman–Crippen MR) is 89.0 cm³/mol. The van der Waals surface area contributed by atoms with Gasteiger partial charge in [0.2, 0.25) is 0 Å². The van der Waals surface area contributed by atoms with Crippen LogP contribution >= 0.6 is 0 Å². The molecular weight excluding hydrogens is 308 g/mol. The lowest BCUT2D eigenvalue weighted by Gasteiger charge is -2.17. The summed E-state index contributed by atoms with van der Waals surface area (Å²) in [5.41, 5.74) is 0.172. The predicted octanol–water partition coefficient (Wildman–Crippen LogP) is 2.84. The third-order valence-corrected chi connectivity index (χ3v) is 2.96. The molecule has 0 fully saturated rings. The van der Waals surface area contributed by atoms with E-state index < -0.39 is 18.0 Å². The van der Waals surface area contributed by atoms with Crippen LogP contribution in [0.1, 0.15) is 49.2 Å². The van der Waals surface area contributed by atoms with E-state index in [-0.39, 0.29) is 29.2 Å². The lowest BCUT2D eigenvalue weighted by atomic mass is 10.0. The van der Waals surface area contributed by atoms with Gasteiger partial charge in [0.1, 0.15) is 11.3 Å². The zero-order valence-corrected chi connectivity index (χ0v) is 14.2. The number of rotatable bonds is 5. The Balaban J connectivity index is 3.31. The smallest absolute Gasteiger partial charge is 0.342 e. The average molecular weight is 328 g/mol. The number of phenolic OH excluding ortho intramolecular Hbond substituents is 1. The molecule has 1 aromatic rings. The van der Waals surface area contributed by atoms with Crippen LogP contribution < -0.4 is 0 Å². The van der Waals surface area contributed by atoms with Crippen LogP contribution in [0.3, 0.4) is 0 Å². The normalized spacial score (nSPS) is 10.7. The van der Waals surface area contributed by atoms with E-state index in [0.717, 1.165) is 0 Å². The molecule has 5 heteroatoms. The van der Waals surface area contributed by atoms with Crippen LogP contribution in [0.25, 0.3) is 0 Å². The van der Waals surface area contributed by atoms with E-state index in [1.54, 1.807) is 13.0 Å². The highest BCUT2D eigenvalue weighted by molar-refractivity contribution is 5.94. The van der Waals surface area contributed by atoms with Gasteiger partial charge in [0.05, 0.1) is 7.11 Å². The van der Waals surface area contributed by atoms with Crippen molar-refractivity contribution in [3.63, 3.8) is 0 Å². The summed E-state index contributed by atoms with van der Waals surface area (Å²) in [4.78, 5) is 24.0. The van der Waals surface area contributed by atoms with Crippen molar-refractivity contribution in [2.45, 2.75) is 33.3 Å². The van der Waals surface area contributed by atoms with E-state index >= 15 is 0 Å². The monoisotopic (exact) mass is 328 g/mol. The molecule has 0 unspecified atom stereocenters. The van der Waals surface area contributed by atoms with Gasteiger partial charge in [-0.3, -0.25) is 4.79 Å². The Morgan fingerprint density at radius 3 is 2.54 bits per heavy atom. The molecule has 0 saturated carbocycles. The SMILES string of the molecule is CC#CC#C[C@@H](OC(=O)CC(C)C)c1cccc(O)c1C(=O)OC. The second kappa shape index (κ2) is 9.27. The zero-order valence-electron chi connectivity index (χ0n) is 14.2. The standard InChI is InChI=1S/C19H20O5/c1-5-6-7-11-16(24-17(21)12-13(2)3)14-9-8-10-15(20)18(14)19(22)23-4/h8-10,13,16,20H,12H2,1-4H3/t16-/m1/s1. The average Bonchev–Trinajstić information content (AvgIpc) is 2.52. The number of phenols is 1. The molecule has 0 aliphatic rings. The van der Waals surface area contributed by atoms with Crippen molar-refractivity contribution in [3.8, 4) is 29.4 Å². The number of carbonyl (C=O) groups excluding carboxylic acids is 2. The molecule has 5 nitrogen and oxygen atoms in total. The van der Waals surface area contributed by atoms with Crippen molar-refractivity contribution < 1.29 is 24.2 Å². The third-order valence-electron chi connectivity index (χ3n) is 2.96. The number of esters is 2. The lowest BCUT2D eigenvalue weighted by molar-refractivity contribution is -0.147. The number of aromatic hydroxyl groups is 1. The molecule has 126 valence electrons. The first kappa shape index (κ1) is 19.1. The molecule has 0 aromatic heterocycles. The molecule has 0 aliphatic carbocycles. The molecule has 1 aromatic carbocycles. The van der Waals surface area contributed by atoms with Gasteiger partial charge in [-0.2, -0.15) is 0 Å². The zero-order chi connectivity index (χ0) is 18.1. The summed E-state index contributed by atoms with van der Waals surface area (Å²) < 4.78 is 10.1. The van der Waals surface area contributed by atoms with E-state index in [9.17, 15) is 14.7 Å². The first-order valence-corrected chi connectivity index (χ1v) is 7.42. The second-order valence-corrected chi connectivity index (χ2v) is 5.35. The van der Waals surface area contributed by atoms with Gasteiger partial charge in [0, 0.05) is 12.0 Å². The fraction of sp³-hybridized carbons (Fsp3) is 0.368. The van der Waals surface area contributed by atoms with Crippen LogP contribution in [-0.2, 0) is 14.3 Å². The van der Waals surface area contributed by atoms with Gasteiger partial charge < -0.3 is 14.6 Å². The van der Waals surface area contributed by atoms with E-state index in [1.807, 2.05) is 13.8 Å². The fourth-order valence-electron chi connectivity index (χ4n) is 1.95. The van der Waals surface area contributed by atoms with E-state index in [0.29, 0.717) is 0 Å². The van der Waals surface area contributed by atoms with Gasteiger partial charge in [0.25, 0.3) is 0 Å². The third kappa shape index (κ3) is 5.37. The summed E-state index contributed by atoms with van der Waals surface area (Å²) >= 11 is 0. The molecule has 1 rings (SSSR count). The maximum Gasteiger partial charge on any atom is 0.342 e. The van der Waals surface area contributed by atoms with Crippen LogP contribution in [-0.4, -0.2) is 24.2 Å². The molecule has 0 spiro atoms. The van der Waals surface area contributed by atoms with Gasteiger partial charge in [-0.15, -0.1) is 0 Å². The highest BCUT2D eigenvalue weighted by Gasteiger charge is 2.25. The van der Waals surface area contributed by atoms with Crippen LogP contribution in [0.15, 0.2) is 18.2 Å². The molecule has 0 aliphatic heterocycles. The molecule has 0 heterocycles. The Morgan fingerprint density at radius 2 is 1.96 bits per heavy atom. The van der Waals surface area contributed by atoms with E-state index in [1.165, 1.54) is 19.2 Å². The second-order valence-electron chi connectivity index (χ2n) is 5.35. The minimum Gasteiger partial charge on any atom is -0.507 e. The van der Waals surface area contributed by atoms with Gasteiger partial charge in [-0.05, 0) is 36.7 Å². The quantitative estimate of drug-likeness (QED) is 0.665. The van der Waals surface area contributed by atoms with Crippen molar-refractivity contribution in [1.82, 2.24) is 0 Å². The molecule has 1 atom stereocenters. The van der Waals surface area contributed by atoms with E-state index in [2.05, 4.69) is 28.4 Å². The first-order valence-electron chi connectivity index (χ1n) is 7.42. The number of benzene rings is 1.